The fraction of sp³-hybridized carbons (Fsp3) is 0.240. The van der Waals surface area contributed by atoms with Gasteiger partial charge in [-0.25, -0.2) is 8.42 Å². The predicted molar refractivity (Wildman–Crippen MR) is 128 cm³/mol. The van der Waals surface area contributed by atoms with E-state index in [-0.39, 0.29) is 4.90 Å². The second kappa shape index (κ2) is 9.44. The number of hydrogen-bond donors (Lipinski definition) is 1. The summed E-state index contributed by atoms with van der Waals surface area (Å²) in [4.78, 5) is 13.2. The number of rotatable bonds is 7. The van der Waals surface area contributed by atoms with E-state index in [0.29, 0.717) is 17.1 Å². The van der Waals surface area contributed by atoms with Crippen molar-refractivity contribution in [1.29, 1.82) is 0 Å². The largest absolute Gasteiger partial charge is 0.495 e. The van der Waals surface area contributed by atoms with E-state index < -0.39 is 22.5 Å². The molecule has 1 N–H and O–H groups in total. The average molecular weight is 453 g/mol. The van der Waals surface area contributed by atoms with Crippen LogP contribution in [-0.2, 0) is 14.8 Å². The summed E-state index contributed by atoms with van der Waals surface area (Å²) >= 11 is 0. The minimum Gasteiger partial charge on any atom is -0.495 e. The summed E-state index contributed by atoms with van der Waals surface area (Å²) < 4.78 is 33.7. The van der Waals surface area contributed by atoms with Gasteiger partial charge in [0.05, 0.1) is 17.7 Å². The first-order chi connectivity index (χ1) is 15.1. The fourth-order valence-corrected chi connectivity index (χ4v) is 5.15. The van der Waals surface area contributed by atoms with Gasteiger partial charge in [-0.2, -0.15) is 0 Å². The summed E-state index contributed by atoms with van der Waals surface area (Å²) in [6.45, 7) is 7.28. The van der Waals surface area contributed by atoms with Gasteiger partial charge >= 0.3 is 0 Å². The molecule has 0 aliphatic carbocycles. The van der Waals surface area contributed by atoms with Gasteiger partial charge in [0.2, 0.25) is 5.91 Å². The van der Waals surface area contributed by atoms with Crippen molar-refractivity contribution in [1.82, 2.24) is 0 Å². The Morgan fingerprint density at radius 2 is 1.53 bits per heavy atom. The van der Waals surface area contributed by atoms with Crippen LogP contribution in [0.1, 0.15) is 22.3 Å². The minimum absolute atomic E-state index is 0.0963. The van der Waals surface area contributed by atoms with Gasteiger partial charge in [0, 0.05) is 5.69 Å². The van der Waals surface area contributed by atoms with Crippen LogP contribution in [0.4, 0.5) is 11.4 Å². The van der Waals surface area contributed by atoms with Gasteiger partial charge in [-0.3, -0.25) is 9.10 Å². The molecule has 3 aromatic rings. The molecule has 0 atom stereocenters. The number of sulfonamides is 1. The molecule has 0 fully saturated rings. The second-order valence-corrected chi connectivity index (χ2v) is 9.68. The molecule has 0 unspecified atom stereocenters. The first kappa shape index (κ1) is 23.3. The molecule has 0 heterocycles. The molecule has 168 valence electrons. The molecule has 1 amide bonds. The Labute approximate surface area is 189 Å². The van der Waals surface area contributed by atoms with Crippen molar-refractivity contribution in [3.8, 4) is 5.75 Å². The van der Waals surface area contributed by atoms with Crippen LogP contribution < -0.4 is 14.4 Å². The summed E-state index contributed by atoms with van der Waals surface area (Å²) in [6.07, 6.45) is 0. The van der Waals surface area contributed by atoms with Gasteiger partial charge in [0.1, 0.15) is 12.3 Å². The number of ether oxygens (including phenoxy) is 1. The maximum absolute atomic E-state index is 13.6. The first-order valence-corrected chi connectivity index (χ1v) is 11.7. The molecule has 0 saturated carbocycles. The molecule has 0 bridgehead atoms. The number of carbonyl (C=O) groups excluding carboxylic acids is 1. The highest BCUT2D eigenvalue weighted by atomic mass is 32.2. The normalized spacial score (nSPS) is 11.2. The van der Waals surface area contributed by atoms with E-state index in [1.165, 1.54) is 19.2 Å². The second-order valence-electron chi connectivity index (χ2n) is 7.82. The van der Waals surface area contributed by atoms with E-state index in [0.717, 1.165) is 26.6 Å². The Balaban J connectivity index is 2.04. The summed E-state index contributed by atoms with van der Waals surface area (Å²) in [5, 5.41) is 2.90. The van der Waals surface area contributed by atoms with Gasteiger partial charge in [0.15, 0.2) is 0 Å². The van der Waals surface area contributed by atoms with Crippen molar-refractivity contribution in [3.63, 3.8) is 0 Å². The third-order valence-electron chi connectivity index (χ3n) is 5.16. The summed E-state index contributed by atoms with van der Waals surface area (Å²) in [5.41, 5.74) is 4.77. The van der Waals surface area contributed by atoms with Crippen LogP contribution in [-0.4, -0.2) is 28.0 Å². The molecule has 3 rings (SSSR count). The molecule has 3 aromatic carbocycles. The number of carbonyl (C=O) groups is 1. The lowest BCUT2D eigenvalue weighted by molar-refractivity contribution is -0.114. The van der Waals surface area contributed by atoms with Gasteiger partial charge in [-0.15, -0.1) is 0 Å². The lowest BCUT2D eigenvalue weighted by Crippen LogP contribution is -2.38. The minimum atomic E-state index is -4.03. The SMILES string of the molecule is COc1ccc(C)cc1N(CC(=O)Nc1c(C)cc(C)cc1C)S(=O)(=O)c1ccccc1. The molecule has 0 radical (unpaired) electrons. The first-order valence-electron chi connectivity index (χ1n) is 10.2. The number of methoxy groups -OCH3 is 1. The van der Waals surface area contributed by atoms with E-state index in [1.807, 2.05) is 45.9 Å². The van der Waals surface area contributed by atoms with E-state index >= 15 is 0 Å². The van der Waals surface area contributed by atoms with Crippen LogP contribution in [0.2, 0.25) is 0 Å². The lowest BCUT2D eigenvalue weighted by Gasteiger charge is -2.26. The standard InChI is InChI=1S/C25H28N2O4S/c1-17-11-12-23(31-5)22(15-17)27(32(29,30)21-9-7-6-8-10-21)16-24(28)26-25-19(3)13-18(2)14-20(25)4/h6-15H,16H2,1-5H3,(H,26,28). The maximum atomic E-state index is 13.6. The van der Waals surface area contributed by atoms with E-state index in [1.54, 1.807) is 30.3 Å². The Hall–Kier alpha value is -3.32. The molecule has 6 nitrogen and oxygen atoms in total. The van der Waals surface area contributed by atoms with Gasteiger partial charge in [-0.1, -0.05) is 42.0 Å². The summed E-state index contributed by atoms with van der Waals surface area (Å²) in [7, 11) is -2.55. The number of nitrogens with zero attached hydrogens (tertiary/aromatic N) is 1. The third kappa shape index (κ3) is 4.94. The van der Waals surface area contributed by atoms with Crippen LogP contribution >= 0.6 is 0 Å². The molecular weight excluding hydrogens is 424 g/mol. The Morgan fingerprint density at radius 1 is 0.906 bits per heavy atom. The zero-order valence-corrected chi connectivity index (χ0v) is 19.8. The molecule has 0 spiro atoms. The molecule has 32 heavy (non-hydrogen) atoms. The van der Waals surface area contributed by atoms with Crippen molar-refractivity contribution in [2.45, 2.75) is 32.6 Å². The van der Waals surface area contributed by atoms with Gasteiger partial charge in [-0.05, 0) is 68.7 Å². The molecule has 0 aromatic heterocycles. The summed E-state index contributed by atoms with van der Waals surface area (Å²) in [5.74, 6) is -0.0753. The quantitative estimate of drug-likeness (QED) is 0.561. The van der Waals surface area contributed by atoms with E-state index in [9.17, 15) is 13.2 Å². The average Bonchev–Trinajstić information content (AvgIpc) is 2.75. The Bertz CT molecular complexity index is 1220. The molecule has 0 aliphatic rings. The number of nitrogens with one attached hydrogen (secondary N) is 1. The van der Waals surface area contributed by atoms with Gasteiger partial charge in [0.25, 0.3) is 10.0 Å². The monoisotopic (exact) mass is 452 g/mol. The smallest absolute Gasteiger partial charge is 0.264 e. The number of hydrogen-bond acceptors (Lipinski definition) is 4. The fourth-order valence-electron chi connectivity index (χ4n) is 3.70. The number of benzene rings is 3. The van der Waals surface area contributed by atoms with Crippen molar-refractivity contribution < 1.29 is 17.9 Å². The van der Waals surface area contributed by atoms with Crippen LogP contribution in [0.5, 0.6) is 5.75 Å². The van der Waals surface area contributed by atoms with Crippen molar-refractivity contribution >= 4 is 27.3 Å². The Morgan fingerprint density at radius 3 is 2.12 bits per heavy atom. The molecular formula is C25H28N2O4S. The topological polar surface area (TPSA) is 75.7 Å². The zero-order chi connectivity index (χ0) is 23.5. The maximum Gasteiger partial charge on any atom is 0.264 e. The van der Waals surface area contributed by atoms with Crippen molar-refractivity contribution in [2.24, 2.45) is 0 Å². The van der Waals surface area contributed by atoms with Crippen LogP contribution in [0, 0.1) is 27.7 Å². The van der Waals surface area contributed by atoms with Crippen molar-refractivity contribution in [2.75, 3.05) is 23.3 Å². The molecule has 7 heteroatoms. The highest BCUT2D eigenvalue weighted by molar-refractivity contribution is 7.92. The van der Waals surface area contributed by atoms with Crippen LogP contribution in [0.25, 0.3) is 0 Å². The number of aryl methyl sites for hydroxylation is 4. The van der Waals surface area contributed by atoms with E-state index in [2.05, 4.69) is 5.32 Å². The van der Waals surface area contributed by atoms with E-state index in [4.69, 9.17) is 4.74 Å². The van der Waals surface area contributed by atoms with Crippen molar-refractivity contribution in [3.05, 3.63) is 82.9 Å². The summed E-state index contributed by atoms with van der Waals surface area (Å²) in [6, 6.07) is 17.2. The Kier molecular flexibility index (Phi) is 6.89. The van der Waals surface area contributed by atoms with Crippen LogP contribution in [0.3, 0.4) is 0 Å². The van der Waals surface area contributed by atoms with Crippen LogP contribution in [0.15, 0.2) is 65.6 Å². The number of anilines is 2. The highest BCUT2D eigenvalue weighted by Crippen LogP contribution is 2.33. The highest BCUT2D eigenvalue weighted by Gasteiger charge is 2.29. The van der Waals surface area contributed by atoms with Gasteiger partial charge < -0.3 is 10.1 Å². The molecule has 0 saturated heterocycles. The zero-order valence-electron chi connectivity index (χ0n) is 19.0. The third-order valence-corrected chi connectivity index (χ3v) is 6.94. The lowest BCUT2D eigenvalue weighted by atomic mass is 10.1. The predicted octanol–water partition coefficient (Wildman–Crippen LogP) is 4.76. The molecule has 0 aliphatic heterocycles. The number of amides is 1.